The first-order valence-electron chi connectivity index (χ1n) is 9.23. The average molecular weight is 395 g/mol. The van der Waals surface area contributed by atoms with Crippen LogP contribution in [-0.4, -0.2) is 32.6 Å². The normalized spacial score (nSPS) is 14.5. The summed E-state index contributed by atoms with van der Waals surface area (Å²) in [7, 11) is -1.41. The summed E-state index contributed by atoms with van der Waals surface area (Å²) in [5.41, 5.74) is 4.07. The van der Waals surface area contributed by atoms with E-state index in [0.29, 0.717) is 12.4 Å². The Hall–Kier alpha value is -2.80. The summed E-state index contributed by atoms with van der Waals surface area (Å²) in [5.74, 6) is 0.615. The molecule has 6 nitrogen and oxygen atoms in total. The number of hydrogen-bond donors (Lipinski definition) is 0. The van der Waals surface area contributed by atoms with Crippen molar-refractivity contribution in [2.24, 2.45) is 0 Å². The molecule has 144 valence electrons. The van der Waals surface area contributed by atoms with Gasteiger partial charge < -0.3 is 9.42 Å². The third-order valence-electron chi connectivity index (χ3n) is 4.76. The van der Waals surface area contributed by atoms with Gasteiger partial charge in [0.25, 0.3) is 0 Å². The predicted molar refractivity (Wildman–Crippen MR) is 108 cm³/mol. The molecule has 0 bridgehead atoms. The molecule has 1 amide bonds. The number of rotatable bonds is 5. The van der Waals surface area contributed by atoms with Crippen molar-refractivity contribution >= 4 is 22.4 Å². The molecule has 1 aliphatic heterocycles. The molecule has 1 aliphatic rings. The molecule has 3 aromatic rings. The molecule has 0 saturated carbocycles. The van der Waals surface area contributed by atoms with Gasteiger partial charge >= 0.3 is 0 Å². The molecule has 28 heavy (non-hydrogen) atoms. The molecule has 0 fully saturated rings. The van der Waals surface area contributed by atoms with Crippen LogP contribution in [0, 0.1) is 6.92 Å². The van der Waals surface area contributed by atoms with E-state index in [1.54, 1.807) is 4.90 Å². The zero-order valence-corrected chi connectivity index (χ0v) is 16.4. The minimum atomic E-state index is -1.41. The SMILES string of the molecule is Cc1ccc(-c2noc(CS(=O)CC(=O)N3CCCc4ccccc43)n2)cc1. The van der Waals surface area contributed by atoms with Crippen molar-refractivity contribution in [2.45, 2.75) is 25.5 Å². The summed E-state index contributed by atoms with van der Waals surface area (Å²) in [6, 6.07) is 15.7. The van der Waals surface area contributed by atoms with Crippen LogP contribution in [0.2, 0.25) is 0 Å². The Bertz CT molecular complexity index is 1010. The van der Waals surface area contributed by atoms with Gasteiger partial charge in [-0.1, -0.05) is 53.2 Å². The number of hydrogen-bond acceptors (Lipinski definition) is 5. The van der Waals surface area contributed by atoms with E-state index in [0.717, 1.165) is 35.2 Å². The van der Waals surface area contributed by atoms with Gasteiger partial charge in [-0.15, -0.1) is 0 Å². The fraction of sp³-hybridized carbons (Fsp3) is 0.286. The number of aromatic nitrogens is 2. The van der Waals surface area contributed by atoms with Crippen LogP contribution < -0.4 is 4.90 Å². The van der Waals surface area contributed by atoms with E-state index in [-0.39, 0.29) is 23.3 Å². The Morgan fingerprint density at radius 3 is 2.79 bits per heavy atom. The van der Waals surface area contributed by atoms with E-state index in [1.165, 1.54) is 0 Å². The lowest BCUT2D eigenvalue weighted by atomic mass is 10.0. The van der Waals surface area contributed by atoms with E-state index in [4.69, 9.17) is 4.52 Å². The van der Waals surface area contributed by atoms with Crippen LogP contribution in [0.1, 0.15) is 23.4 Å². The Morgan fingerprint density at radius 2 is 1.96 bits per heavy atom. The van der Waals surface area contributed by atoms with E-state index in [2.05, 4.69) is 10.1 Å². The highest BCUT2D eigenvalue weighted by atomic mass is 32.2. The number of fused-ring (bicyclic) bond motifs is 1. The summed E-state index contributed by atoms with van der Waals surface area (Å²) in [6.45, 7) is 2.66. The van der Waals surface area contributed by atoms with E-state index in [9.17, 15) is 9.00 Å². The molecular formula is C21H21N3O3S. The van der Waals surface area contributed by atoms with Crippen molar-refractivity contribution < 1.29 is 13.5 Å². The maximum atomic E-state index is 12.7. The Labute approximate surface area is 166 Å². The largest absolute Gasteiger partial charge is 0.338 e. The summed E-state index contributed by atoms with van der Waals surface area (Å²) < 4.78 is 17.7. The predicted octanol–water partition coefficient (Wildman–Crippen LogP) is 3.27. The van der Waals surface area contributed by atoms with Crippen molar-refractivity contribution in [2.75, 3.05) is 17.2 Å². The first-order chi connectivity index (χ1) is 13.6. The van der Waals surface area contributed by atoms with Gasteiger partial charge in [-0.3, -0.25) is 9.00 Å². The third-order valence-corrected chi connectivity index (χ3v) is 5.90. The van der Waals surface area contributed by atoms with Crippen molar-refractivity contribution in [1.29, 1.82) is 0 Å². The number of amides is 1. The molecule has 1 aromatic heterocycles. The second-order valence-corrected chi connectivity index (χ2v) is 8.34. The highest BCUT2D eigenvalue weighted by molar-refractivity contribution is 7.84. The second kappa shape index (κ2) is 8.06. The Balaban J connectivity index is 1.40. The van der Waals surface area contributed by atoms with Gasteiger partial charge in [0.2, 0.25) is 17.6 Å². The number of para-hydroxylation sites is 1. The van der Waals surface area contributed by atoms with Crippen molar-refractivity contribution in [3.63, 3.8) is 0 Å². The average Bonchev–Trinajstić information content (AvgIpc) is 3.16. The molecule has 7 heteroatoms. The molecule has 0 spiro atoms. The smallest absolute Gasteiger partial charge is 0.239 e. The zero-order chi connectivity index (χ0) is 19.5. The Kier molecular flexibility index (Phi) is 5.34. The molecule has 2 heterocycles. The Morgan fingerprint density at radius 1 is 1.18 bits per heavy atom. The van der Waals surface area contributed by atoms with Gasteiger partial charge in [-0.25, -0.2) is 0 Å². The van der Waals surface area contributed by atoms with Gasteiger partial charge in [0.15, 0.2) is 0 Å². The quantitative estimate of drug-likeness (QED) is 0.663. The van der Waals surface area contributed by atoms with E-state index >= 15 is 0 Å². The molecule has 0 N–H and O–H groups in total. The number of carbonyl (C=O) groups is 1. The van der Waals surface area contributed by atoms with Crippen LogP contribution in [0.4, 0.5) is 5.69 Å². The first kappa shape index (κ1) is 18.6. The lowest BCUT2D eigenvalue weighted by Crippen LogP contribution is -2.38. The molecule has 1 atom stereocenters. The van der Waals surface area contributed by atoms with Crippen LogP contribution in [0.3, 0.4) is 0 Å². The van der Waals surface area contributed by atoms with Crippen molar-refractivity contribution in [1.82, 2.24) is 10.1 Å². The van der Waals surface area contributed by atoms with E-state index < -0.39 is 10.8 Å². The molecule has 0 radical (unpaired) electrons. The lowest BCUT2D eigenvalue weighted by Gasteiger charge is -2.29. The summed E-state index contributed by atoms with van der Waals surface area (Å²) in [6.07, 6.45) is 1.88. The molecule has 0 saturated heterocycles. The first-order valence-corrected chi connectivity index (χ1v) is 10.7. The van der Waals surface area contributed by atoms with Crippen LogP contribution in [0.25, 0.3) is 11.4 Å². The monoisotopic (exact) mass is 395 g/mol. The van der Waals surface area contributed by atoms with Crippen molar-refractivity contribution in [3.8, 4) is 11.4 Å². The highest BCUT2D eigenvalue weighted by Crippen LogP contribution is 2.27. The molecule has 2 aromatic carbocycles. The molecule has 0 aliphatic carbocycles. The maximum Gasteiger partial charge on any atom is 0.239 e. The number of carbonyl (C=O) groups excluding carboxylic acids is 1. The van der Waals surface area contributed by atoms with Gasteiger partial charge in [0.1, 0.15) is 11.5 Å². The zero-order valence-electron chi connectivity index (χ0n) is 15.6. The summed E-state index contributed by atoms with van der Waals surface area (Å²) >= 11 is 0. The topological polar surface area (TPSA) is 76.3 Å². The molecule has 1 unspecified atom stereocenters. The number of benzene rings is 2. The minimum absolute atomic E-state index is 0.0589. The van der Waals surface area contributed by atoms with E-state index in [1.807, 2.05) is 55.5 Å². The second-order valence-electron chi connectivity index (χ2n) is 6.88. The van der Waals surface area contributed by atoms with Crippen LogP contribution in [0.15, 0.2) is 53.1 Å². The molecular weight excluding hydrogens is 374 g/mol. The number of aryl methyl sites for hydroxylation is 2. The van der Waals surface area contributed by atoms with Crippen LogP contribution >= 0.6 is 0 Å². The van der Waals surface area contributed by atoms with Gasteiger partial charge in [0, 0.05) is 28.6 Å². The van der Waals surface area contributed by atoms with Gasteiger partial charge in [-0.2, -0.15) is 4.98 Å². The number of anilines is 1. The third kappa shape index (κ3) is 4.04. The standard InChI is InChI=1S/C21H21N3O3S/c1-15-8-10-17(11-9-15)21-22-19(27-23-21)13-28(26)14-20(25)24-12-4-6-16-5-2-3-7-18(16)24/h2-3,5,7-11H,4,6,12-14H2,1H3. The van der Waals surface area contributed by atoms with Crippen LogP contribution in [0.5, 0.6) is 0 Å². The fourth-order valence-corrected chi connectivity index (χ4v) is 4.26. The fourth-order valence-electron chi connectivity index (χ4n) is 3.33. The van der Waals surface area contributed by atoms with Crippen molar-refractivity contribution in [3.05, 3.63) is 65.5 Å². The van der Waals surface area contributed by atoms with Gasteiger partial charge in [-0.05, 0) is 31.4 Å². The lowest BCUT2D eigenvalue weighted by molar-refractivity contribution is -0.116. The van der Waals surface area contributed by atoms with Gasteiger partial charge in [0.05, 0.1) is 0 Å². The number of nitrogens with zero attached hydrogens (tertiary/aromatic N) is 3. The summed E-state index contributed by atoms with van der Waals surface area (Å²) in [5, 5.41) is 3.95. The molecule has 4 rings (SSSR count). The highest BCUT2D eigenvalue weighted by Gasteiger charge is 2.24. The minimum Gasteiger partial charge on any atom is -0.338 e. The van der Waals surface area contributed by atoms with Crippen LogP contribution in [-0.2, 0) is 27.8 Å². The maximum absolute atomic E-state index is 12.7. The summed E-state index contributed by atoms with van der Waals surface area (Å²) in [4.78, 5) is 18.7.